The molecule has 0 bridgehead atoms. The molecule has 0 unspecified atom stereocenters. The molecule has 106 valence electrons. The third kappa shape index (κ3) is 3.24. The maximum Gasteiger partial charge on any atom is 0.269 e. The molecule has 21 heavy (non-hydrogen) atoms. The van der Waals surface area contributed by atoms with Crippen LogP contribution in [0.25, 0.3) is 5.76 Å². The van der Waals surface area contributed by atoms with Gasteiger partial charge in [-0.1, -0.05) is 12.1 Å². The number of aromatic hydroxyl groups is 1. The zero-order chi connectivity index (χ0) is 15.4. The van der Waals surface area contributed by atoms with Gasteiger partial charge in [0.15, 0.2) is 5.78 Å². The molecule has 6 nitrogen and oxygen atoms in total. The van der Waals surface area contributed by atoms with Crippen LogP contribution in [-0.4, -0.2) is 20.9 Å². The summed E-state index contributed by atoms with van der Waals surface area (Å²) in [7, 11) is 0. The van der Waals surface area contributed by atoms with E-state index in [1.54, 1.807) is 12.1 Å². The summed E-state index contributed by atoms with van der Waals surface area (Å²) in [5.74, 6) is -1.09. The van der Waals surface area contributed by atoms with Gasteiger partial charge in [-0.05, 0) is 24.3 Å². The fraction of sp³-hybridized carbons (Fsp3) is 0. The molecule has 2 N–H and O–H groups in total. The minimum atomic E-state index is -0.566. The van der Waals surface area contributed by atoms with Gasteiger partial charge in [0.05, 0.1) is 10.5 Å². The number of allylic oxidation sites excluding steroid dienone is 1. The highest BCUT2D eigenvalue weighted by Gasteiger charge is 2.11. The number of benzene rings is 2. The summed E-state index contributed by atoms with van der Waals surface area (Å²) in [4.78, 5) is 21.9. The average molecular weight is 285 g/mol. The number of carbonyl (C=O) groups is 1. The summed E-state index contributed by atoms with van der Waals surface area (Å²) >= 11 is 0. The Morgan fingerprint density at radius 2 is 1.71 bits per heavy atom. The van der Waals surface area contributed by atoms with Crippen molar-refractivity contribution in [2.75, 3.05) is 0 Å². The number of nitro groups is 1. The molecule has 0 aliphatic rings. The van der Waals surface area contributed by atoms with Gasteiger partial charge in [0, 0.05) is 23.8 Å². The Balaban J connectivity index is 2.26. The second kappa shape index (κ2) is 5.87. The van der Waals surface area contributed by atoms with Crippen molar-refractivity contribution in [3.05, 3.63) is 75.8 Å². The van der Waals surface area contributed by atoms with Gasteiger partial charge >= 0.3 is 0 Å². The van der Waals surface area contributed by atoms with Gasteiger partial charge in [-0.3, -0.25) is 14.9 Å². The van der Waals surface area contributed by atoms with E-state index in [2.05, 4.69) is 0 Å². The minimum absolute atomic E-state index is 0.0611. The van der Waals surface area contributed by atoms with Gasteiger partial charge in [-0.25, -0.2) is 0 Å². The Morgan fingerprint density at radius 1 is 1.10 bits per heavy atom. The lowest BCUT2D eigenvalue weighted by atomic mass is 10.1. The van der Waals surface area contributed by atoms with E-state index in [1.165, 1.54) is 36.4 Å². The third-order valence-electron chi connectivity index (χ3n) is 2.81. The van der Waals surface area contributed by atoms with Crippen molar-refractivity contribution in [1.82, 2.24) is 0 Å². The summed E-state index contributed by atoms with van der Waals surface area (Å²) in [5.41, 5.74) is 0.217. The summed E-state index contributed by atoms with van der Waals surface area (Å²) < 4.78 is 0. The molecule has 0 saturated heterocycles. The topological polar surface area (TPSA) is 101 Å². The molecule has 0 saturated carbocycles. The predicted octanol–water partition coefficient (Wildman–Crippen LogP) is 3.08. The van der Waals surface area contributed by atoms with E-state index in [9.17, 15) is 25.1 Å². The largest absolute Gasteiger partial charge is 0.507 e. The molecular weight excluding hydrogens is 274 g/mol. The molecule has 0 spiro atoms. The molecule has 0 aromatic heterocycles. The molecule has 6 heteroatoms. The number of para-hydroxylation sites is 1. The predicted molar refractivity (Wildman–Crippen MR) is 76.1 cm³/mol. The van der Waals surface area contributed by atoms with Crippen molar-refractivity contribution in [3.63, 3.8) is 0 Å². The highest BCUT2D eigenvalue weighted by atomic mass is 16.6. The number of hydrogen-bond acceptors (Lipinski definition) is 5. The number of phenols is 1. The lowest BCUT2D eigenvalue weighted by Crippen LogP contribution is -1.97. The fourth-order valence-electron chi connectivity index (χ4n) is 1.72. The quantitative estimate of drug-likeness (QED) is 0.295. The first-order chi connectivity index (χ1) is 9.99. The van der Waals surface area contributed by atoms with Crippen LogP contribution < -0.4 is 0 Å². The first-order valence-electron chi connectivity index (χ1n) is 5.97. The summed E-state index contributed by atoms with van der Waals surface area (Å²) in [5, 5.41) is 29.9. The van der Waals surface area contributed by atoms with Crippen LogP contribution in [0, 0.1) is 10.1 Å². The number of phenolic OH excluding ortho intramolecular Hbond substituents is 1. The number of nitro benzene ring substituents is 1. The Kier molecular flexibility index (Phi) is 3.99. The van der Waals surface area contributed by atoms with Crippen molar-refractivity contribution in [2.45, 2.75) is 0 Å². The van der Waals surface area contributed by atoms with E-state index in [4.69, 9.17) is 0 Å². The second-order valence-electron chi connectivity index (χ2n) is 4.21. The van der Waals surface area contributed by atoms with Crippen LogP contribution in [0.5, 0.6) is 5.75 Å². The van der Waals surface area contributed by atoms with Gasteiger partial charge < -0.3 is 10.2 Å². The standard InChI is InChI=1S/C15H11NO5/c17-13-4-2-1-3-12(13)15(19)9-14(18)10-5-7-11(8-6-10)16(20)21/h1-9,17-18H/b14-9-. The fourth-order valence-corrected chi connectivity index (χ4v) is 1.72. The molecule has 0 amide bonds. The molecule has 0 aliphatic carbocycles. The summed E-state index contributed by atoms with van der Waals surface area (Å²) in [6.07, 6.45) is 0.955. The molecule has 2 aromatic rings. The number of rotatable bonds is 4. The molecule has 0 aliphatic heterocycles. The number of hydrogen-bond donors (Lipinski definition) is 2. The van der Waals surface area contributed by atoms with Crippen molar-refractivity contribution < 1.29 is 19.9 Å². The number of ketones is 1. The van der Waals surface area contributed by atoms with E-state index in [0.29, 0.717) is 0 Å². The maximum absolute atomic E-state index is 11.9. The second-order valence-corrected chi connectivity index (χ2v) is 4.21. The summed E-state index contributed by atoms with van der Waals surface area (Å²) in [6, 6.07) is 11.1. The first kappa shape index (κ1) is 14.3. The molecule has 0 heterocycles. The van der Waals surface area contributed by atoms with Crippen LogP contribution >= 0.6 is 0 Å². The zero-order valence-electron chi connectivity index (χ0n) is 10.8. The maximum atomic E-state index is 11.9. The lowest BCUT2D eigenvalue weighted by molar-refractivity contribution is -0.384. The number of nitrogens with zero attached hydrogens (tertiary/aromatic N) is 1. The molecule has 2 rings (SSSR count). The SMILES string of the molecule is O=C(/C=C(\O)c1ccc([N+](=O)[O-])cc1)c1ccccc1O. The minimum Gasteiger partial charge on any atom is -0.507 e. The molecule has 0 atom stereocenters. The molecule has 0 fully saturated rings. The molecular formula is C15H11NO5. The van der Waals surface area contributed by atoms with Gasteiger partial charge in [0.2, 0.25) is 0 Å². The normalized spacial score (nSPS) is 11.1. The Hall–Kier alpha value is -3.15. The first-order valence-corrected chi connectivity index (χ1v) is 5.97. The van der Waals surface area contributed by atoms with Gasteiger partial charge in [0.25, 0.3) is 5.69 Å². The van der Waals surface area contributed by atoms with Crippen molar-refractivity contribution in [1.29, 1.82) is 0 Å². The van der Waals surface area contributed by atoms with Crippen molar-refractivity contribution in [2.24, 2.45) is 0 Å². The smallest absolute Gasteiger partial charge is 0.269 e. The number of aliphatic hydroxyl groups excluding tert-OH is 1. The molecule has 0 radical (unpaired) electrons. The van der Waals surface area contributed by atoms with E-state index in [0.717, 1.165) is 6.08 Å². The monoisotopic (exact) mass is 285 g/mol. The van der Waals surface area contributed by atoms with Crippen LogP contribution in [0.2, 0.25) is 0 Å². The lowest BCUT2D eigenvalue weighted by Gasteiger charge is -2.02. The Morgan fingerprint density at radius 3 is 2.29 bits per heavy atom. The number of non-ortho nitro benzene ring substituents is 1. The van der Waals surface area contributed by atoms with Crippen LogP contribution in [0.4, 0.5) is 5.69 Å². The van der Waals surface area contributed by atoms with Crippen LogP contribution in [-0.2, 0) is 0 Å². The van der Waals surface area contributed by atoms with Gasteiger partial charge in [-0.15, -0.1) is 0 Å². The highest BCUT2D eigenvalue weighted by molar-refractivity contribution is 6.09. The third-order valence-corrected chi connectivity index (χ3v) is 2.81. The van der Waals surface area contributed by atoms with Crippen LogP contribution in [0.1, 0.15) is 15.9 Å². The summed E-state index contributed by atoms with van der Waals surface area (Å²) in [6.45, 7) is 0. The highest BCUT2D eigenvalue weighted by Crippen LogP contribution is 2.20. The molecule has 2 aromatic carbocycles. The van der Waals surface area contributed by atoms with Gasteiger partial charge in [-0.2, -0.15) is 0 Å². The average Bonchev–Trinajstić information content (AvgIpc) is 2.47. The zero-order valence-corrected chi connectivity index (χ0v) is 10.8. The van der Waals surface area contributed by atoms with Crippen molar-refractivity contribution >= 4 is 17.2 Å². The van der Waals surface area contributed by atoms with Crippen LogP contribution in [0.15, 0.2) is 54.6 Å². The van der Waals surface area contributed by atoms with E-state index in [1.807, 2.05) is 0 Å². The van der Waals surface area contributed by atoms with Crippen LogP contribution in [0.3, 0.4) is 0 Å². The van der Waals surface area contributed by atoms with E-state index < -0.39 is 10.7 Å². The number of aliphatic hydroxyl groups is 1. The number of carbonyl (C=O) groups excluding carboxylic acids is 1. The Bertz CT molecular complexity index is 719. The van der Waals surface area contributed by atoms with Gasteiger partial charge in [0.1, 0.15) is 11.5 Å². The Labute approximate surface area is 119 Å². The van der Waals surface area contributed by atoms with E-state index >= 15 is 0 Å². The van der Waals surface area contributed by atoms with Crippen molar-refractivity contribution in [3.8, 4) is 5.75 Å². The van der Waals surface area contributed by atoms with E-state index in [-0.39, 0.29) is 28.3 Å².